The highest BCUT2D eigenvalue weighted by molar-refractivity contribution is 7.89. The van der Waals surface area contributed by atoms with Crippen molar-refractivity contribution in [2.45, 2.75) is 30.8 Å². The van der Waals surface area contributed by atoms with Gasteiger partial charge in [0.05, 0.1) is 4.90 Å². The number of hydrogen-bond donors (Lipinski definition) is 1. The third kappa shape index (κ3) is 4.43. The first-order valence-electron chi connectivity index (χ1n) is 9.53. The van der Waals surface area contributed by atoms with Crippen LogP contribution in [0, 0.1) is 12.7 Å². The fourth-order valence-corrected chi connectivity index (χ4v) is 5.86. The van der Waals surface area contributed by atoms with E-state index in [2.05, 4.69) is 33.2 Å². The van der Waals surface area contributed by atoms with Gasteiger partial charge in [-0.15, -0.1) is 0 Å². The van der Waals surface area contributed by atoms with Crippen LogP contribution in [0.3, 0.4) is 0 Å². The molecule has 3 aromatic rings. The van der Waals surface area contributed by atoms with Crippen molar-refractivity contribution in [1.29, 1.82) is 0 Å². The van der Waals surface area contributed by atoms with Crippen molar-refractivity contribution in [3.63, 3.8) is 0 Å². The molecular weight excluding hydrogens is 407 g/mol. The van der Waals surface area contributed by atoms with Crippen LogP contribution in [0.2, 0.25) is 0 Å². The Bertz CT molecular complexity index is 1100. The number of nitrogens with one attached hydrogen (secondary N) is 1. The molecule has 0 fully saturated rings. The van der Waals surface area contributed by atoms with E-state index < -0.39 is 15.8 Å². The van der Waals surface area contributed by atoms with E-state index in [0.717, 1.165) is 25.1 Å². The van der Waals surface area contributed by atoms with Gasteiger partial charge in [0, 0.05) is 25.7 Å². The van der Waals surface area contributed by atoms with E-state index in [1.807, 2.05) is 17.5 Å². The summed E-state index contributed by atoms with van der Waals surface area (Å²) >= 11 is 1.61. The van der Waals surface area contributed by atoms with Crippen LogP contribution < -0.4 is 4.72 Å². The maximum absolute atomic E-state index is 13.4. The molecule has 0 bridgehead atoms. The summed E-state index contributed by atoms with van der Waals surface area (Å²) in [6.07, 6.45) is 0.945. The Morgan fingerprint density at radius 1 is 1.17 bits per heavy atom. The highest BCUT2D eigenvalue weighted by atomic mass is 32.2. The van der Waals surface area contributed by atoms with E-state index in [1.54, 1.807) is 18.3 Å². The Kier molecular flexibility index (Phi) is 5.83. The molecule has 2 heterocycles. The van der Waals surface area contributed by atoms with Crippen LogP contribution in [0.15, 0.2) is 64.2 Å². The fraction of sp³-hybridized carbons (Fsp3) is 0.273. The first kappa shape index (κ1) is 20.2. The molecule has 1 atom stereocenters. The fourth-order valence-electron chi connectivity index (χ4n) is 3.89. The molecule has 0 spiro atoms. The average Bonchev–Trinajstić information content (AvgIpc) is 3.22. The number of hydrogen-bond acceptors (Lipinski definition) is 4. The SMILES string of the molecule is Cc1cc(F)ccc1S(=O)(=O)NC[C@@H](c1ccsc1)N1CCc2ccccc2C1. The van der Waals surface area contributed by atoms with E-state index in [0.29, 0.717) is 5.56 Å². The van der Waals surface area contributed by atoms with Gasteiger partial charge in [-0.3, -0.25) is 4.90 Å². The smallest absolute Gasteiger partial charge is 0.240 e. The normalized spacial score (nSPS) is 15.8. The molecule has 0 radical (unpaired) electrons. The minimum Gasteiger partial charge on any atom is -0.290 e. The summed E-state index contributed by atoms with van der Waals surface area (Å²) in [6, 6.07) is 14.1. The second-order valence-electron chi connectivity index (χ2n) is 7.32. The van der Waals surface area contributed by atoms with Gasteiger partial charge in [-0.1, -0.05) is 24.3 Å². The molecule has 4 nitrogen and oxygen atoms in total. The quantitative estimate of drug-likeness (QED) is 0.635. The number of benzene rings is 2. The molecular formula is C22H23FN2O2S2. The summed E-state index contributed by atoms with van der Waals surface area (Å²) in [5.41, 5.74) is 4.15. The van der Waals surface area contributed by atoms with Gasteiger partial charge in [-0.05, 0) is 70.6 Å². The van der Waals surface area contributed by atoms with Crippen LogP contribution in [-0.4, -0.2) is 26.4 Å². The number of rotatable bonds is 6. The molecule has 152 valence electrons. The second-order valence-corrected chi connectivity index (χ2v) is 9.84. The van der Waals surface area contributed by atoms with Crippen molar-refractivity contribution >= 4 is 21.4 Å². The minimum absolute atomic E-state index is 0.0647. The second kappa shape index (κ2) is 8.36. The molecule has 2 aromatic carbocycles. The third-order valence-electron chi connectivity index (χ3n) is 5.42. The van der Waals surface area contributed by atoms with Crippen molar-refractivity contribution in [3.8, 4) is 0 Å². The van der Waals surface area contributed by atoms with Gasteiger partial charge in [0.2, 0.25) is 10.0 Å². The monoisotopic (exact) mass is 430 g/mol. The Labute approximate surface area is 175 Å². The topological polar surface area (TPSA) is 49.4 Å². The predicted octanol–water partition coefficient (Wildman–Crippen LogP) is 4.27. The molecule has 0 aliphatic carbocycles. The summed E-state index contributed by atoms with van der Waals surface area (Å²) in [5, 5.41) is 4.08. The molecule has 1 aliphatic rings. The van der Waals surface area contributed by atoms with Crippen LogP contribution in [-0.2, 0) is 23.0 Å². The zero-order valence-electron chi connectivity index (χ0n) is 16.1. The molecule has 29 heavy (non-hydrogen) atoms. The zero-order chi connectivity index (χ0) is 20.4. The molecule has 0 unspecified atom stereocenters. The van der Waals surface area contributed by atoms with Gasteiger partial charge < -0.3 is 0 Å². The highest BCUT2D eigenvalue weighted by Crippen LogP contribution is 2.29. The van der Waals surface area contributed by atoms with Crippen molar-refractivity contribution < 1.29 is 12.8 Å². The number of sulfonamides is 1. The molecule has 0 saturated carbocycles. The largest absolute Gasteiger partial charge is 0.290 e. The number of halogens is 1. The van der Waals surface area contributed by atoms with E-state index in [1.165, 1.54) is 29.3 Å². The highest BCUT2D eigenvalue weighted by Gasteiger charge is 2.27. The maximum Gasteiger partial charge on any atom is 0.240 e. The number of thiophene rings is 1. The van der Waals surface area contributed by atoms with Crippen LogP contribution >= 0.6 is 11.3 Å². The lowest BCUT2D eigenvalue weighted by molar-refractivity contribution is 0.181. The van der Waals surface area contributed by atoms with Gasteiger partial charge in [0.1, 0.15) is 5.82 Å². The molecule has 1 aromatic heterocycles. The van der Waals surface area contributed by atoms with Crippen molar-refractivity contribution in [1.82, 2.24) is 9.62 Å². The maximum atomic E-state index is 13.4. The summed E-state index contributed by atoms with van der Waals surface area (Å²) < 4.78 is 41.9. The van der Waals surface area contributed by atoms with E-state index in [4.69, 9.17) is 0 Å². The van der Waals surface area contributed by atoms with E-state index in [9.17, 15) is 12.8 Å². The summed E-state index contributed by atoms with van der Waals surface area (Å²) in [7, 11) is -3.73. The third-order valence-corrected chi connectivity index (χ3v) is 7.71. The van der Waals surface area contributed by atoms with Crippen LogP contribution in [0.5, 0.6) is 0 Å². The van der Waals surface area contributed by atoms with Crippen molar-refractivity contribution in [2.24, 2.45) is 0 Å². The Morgan fingerprint density at radius 3 is 2.69 bits per heavy atom. The van der Waals surface area contributed by atoms with Crippen LogP contribution in [0.4, 0.5) is 4.39 Å². The number of fused-ring (bicyclic) bond motifs is 1. The lowest BCUT2D eigenvalue weighted by Crippen LogP contribution is -2.40. The summed E-state index contributed by atoms with van der Waals surface area (Å²) in [4.78, 5) is 2.44. The first-order valence-corrected chi connectivity index (χ1v) is 12.0. The van der Waals surface area contributed by atoms with Crippen LogP contribution in [0.1, 0.15) is 28.3 Å². The Morgan fingerprint density at radius 2 is 1.97 bits per heavy atom. The van der Waals surface area contributed by atoms with E-state index in [-0.39, 0.29) is 17.5 Å². The van der Waals surface area contributed by atoms with Gasteiger partial charge in [-0.25, -0.2) is 17.5 Å². The minimum atomic E-state index is -3.73. The lowest BCUT2D eigenvalue weighted by atomic mass is 9.97. The zero-order valence-corrected chi connectivity index (χ0v) is 17.8. The van der Waals surface area contributed by atoms with Crippen molar-refractivity contribution in [2.75, 3.05) is 13.1 Å². The molecule has 1 N–H and O–H groups in total. The van der Waals surface area contributed by atoms with Gasteiger partial charge in [-0.2, -0.15) is 11.3 Å². The average molecular weight is 431 g/mol. The van der Waals surface area contributed by atoms with Crippen molar-refractivity contribution in [3.05, 3.63) is 87.4 Å². The summed E-state index contributed by atoms with van der Waals surface area (Å²) in [5.74, 6) is -0.440. The number of nitrogens with zero attached hydrogens (tertiary/aromatic N) is 1. The van der Waals surface area contributed by atoms with Gasteiger partial charge >= 0.3 is 0 Å². The molecule has 0 saturated heterocycles. The summed E-state index contributed by atoms with van der Waals surface area (Å²) in [6.45, 7) is 3.52. The molecule has 7 heteroatoms. The lowest BCUT2D eigenvalue weighted by Gasteiger charge is -2.35. The first-order chi connectivity index (χ1) is 13.9. The predicted molar refractivity (Wildman–Crippen MR) is 114 cm³/mol. The van der Waals surface area contributed by atoms with E-state index >= 15 is 0 Å². The van der Waals surface area contributed by atoms with Gasteiger partial charge in [0.15, 0.2) is 0 Å². The van der Waals surface area contributed by atoms with Gasteiger partial charge in [0.25, 0.3) is 0 Å². The standard InChI is InChI=1S/C22H23FN2O2S2/c1-16-12-20(23)6-7-22(16)29(26,27)24-13-21(19-9-11-28-15-19)25-10-8-17-4-2-3-5-18(17)14-25/h2-7,9,11-12,15,21,24H,8,10,13-14H2,1H3/t21-/m0/s1. The Hall–Kier alpha value is -2.06. The molecule has 4 rings (SSSR count). The van der Waals surface area contributed by atoms with Crippen LogP contribution in [0.25, 0.3) is 0 Å². The number of aryl methyl sites for hydroxylation is 1. The Balaban J connectivity index is 1.56. The molecule has 1 aliphatic heterocycles. The molecule has 0 amide bonds.